The molecule has 0 spiro atoms. The van der Waals surface area contributed by atoms with Gasteiger partial charge in [-0.3, -0.25) is 0 Å². The van der Waals surface area contributed by atoms with Crippen molar-refractivity contribution in [2.24, 2.45) is 5.41 Å². The Morgan fingerprint density at radius 2 is 1.40 bits per heavy atom. The maximum atomic E-state index is 2.56. The predicted molar refractivity (Wildman–Crippen MR) is 91.7 cm³/mol. The average Bonchev–Trinajstić information content (AvgIpc) is 2.40. The van der Waals surface area contributed by atoms with Crippen LogP contribution in [0, 0.1) is 5.41 Å². The van der Waals surface area contributed by atoms with Crippen molar-refractivity contribution in [1.29, 1.82) is 0 Å². The average molecular weight is 275 g/mol. The first-order valence-corrected chi connectivity index (χ1v) is 8.05. The van der Waals surface area contributed by atoms with E-state index in [1.54, 1.807) is 0 Å². The highest BCUT2D eigenvalue weighted by Gasteiger charge is 2.55. The van der Waals surface area contributed by atoms with Crippen molar-refractivity contribution in [2.45, 2.75) is 73.3 Å². The molecule has 1 aliphatic heterocycles. The second kappa shape index (κ2) is 5.42. The topological polar surface area (TPSA) is 3.24 Å². The molecule has 20 heavy (non-hydrogen) atoms. The van der Waals surface area contributed by atoms with Crippen LogP contribution in [0.1, 0.15) is 67.9 Å². The van der Waals surface area contributed by atoms with Crippen molar-refractivity contribution < 1.29 is 0 Å². The second-order valence-electron chi connectivity index (χ2n) is 7.07. The summed E-state index contributed by atoms with van der Waals surface area (Å²) in [5, 5.41) is 0. The Morgan fingerprint density at radius 3 is 1.90 bits per heavy atom. The zero-order valence-corrected chi connectivity index (χ0v) is 15.0. The summed E-state index contributed by atoms with van der Waals surface area (Å²) in [7, 11) is 0. The van der Waals surface area contributed by atoms with E-state index in [0.717, 1.165) is 6.54 Å². The van der Waals surface area contributed by atoms with Crippen LogP contribution in [0.2, 0.25) is 0 Å². The van der Waals surface area contributed by atoms with E-state index in [1.807, 2.05) is 13.8 Å². The van der Waals surface area contributed by atoms with E-state index in [9.17, 15) is 0 Å². The van der Waals surface area contributed by atoms with E-state index in [4.69, 9.17) is 0 Å². The van der Waals surface area contributed by atoms with Crippen LogP contribution in [0.15, 0.2) is 24.3 Å². The molecule has 1 heterocycles. The standard InChI is InChI=1S/C17H27N.C2H6/c1-8-18-14-12-10-9-11-13(14)15(2,3)16(4,5)17(18,6)7;1-2/h9-12H,8H2,1-7H3;1-2H3. The molecule has 1 heteroatoms. The molecule has 114 valence electrons. The summed E-state index contributed by atoms with van der Waals surface area (Å²) in [5.74, 6) is 0. The monoisotopic (exact) mass is 275 g/mol. The van der Waals surface area contributed by atoms with Gasteiger partial charge in [-0.2, -0.15) is 0 Å². The number of benzene rings is 1. The quantitative estimate of drug-likeness (QED) is 0.641. The molecular weight excluding hydrogens is 242 g/mol. The molecule has 0 saturated heterocycles. The van der Waals surface area contributed by atoms with Crippen LogP contribution < -0.4 is 4.90 Å². The normalized spacial score (nSPS) is 21.6. The zero-order valence-electron chi connectivity index (χ0n) is 15.0. The van der Waals surface area contributed by atoms with Gasteiger partial charge in [-0.05, 0) is 43.2 Å². The Labute approximate surface area is 126 Å². The maximum absolute atomic E-state index is 2.56. The Morgan fingerprint density at radius 1 is 0.900 bits per heavy atom. The summed E-state index contributed by atoms with van der Waals surface area (Å²) in [6.45, 7) is 21.7. The highest BCUT2D eigenvalue weighted by atomic mass is 15.2. The highest BCUT2D eigenvalue weighted by Crippen LogP contribution is 2.57. The molecule has 0 fully saturated rings. The molecule has 0 amide bonds. The second-order valence-corrected chi connectivity index (χ2v) is 7.07. The van der Waals surface area contributed by atoms with Crippen LogP contribution in [0.3, 0.4) is 0 Å². The Bertz CT molecular complexity index is 455. The van der Waals surface area contributed by atoms with Crippen molar-refractivity contribution >= 4 is 5.69 Å². The Hall–Kier alpha value is -0.980. The molecule has 0 saturated carbocycles. The molecule has 0 N–H and O–H groups in total. The van der Waals surface area contributed by atoms with Gasteiger partial charge in [0.25, 0.3) is 0 Å². The number of fused-ring (bicyclic) bond motifs is 1. The maximum Gasteiger partial charge on any atom is 0.0409 e. The van der Waals surface area contributed by atoms with Crippen LogP contribution in [-0.2, 0) is 5.41 Å². The van der Waals surface area contributed by atoms with Gasteiger partial charge >= 0.3 is 0 Å². The summed E-state index contributed by atoms with van der Waals surface area (Å²) in [5.41, 5.74) is 3.44. The summed E-state index contributed by atoms with van der Waals surface area (Å²) in [4.78, 5) is 2.56. The third-order valence-corrected chi connectivity index (χ3v) is 5.95. The van der Waals surface area contributed by atoms with E-state index in [-0.39, 0.29) is 16.4 Å². The largest absolute Gasteiger partial charge is 0.366 e. The number of rotatable bonds is 1. The predicted octanol–water partition coefficient (Wildman–Crippen LogP) is 5.64. The van der Waals surface area contributed by atoms with Crippen LogP contribution in [0.25, 0.3) is 0 Å². The number of hydrogen-bond donors (Lipinski definition) is 0. The number of nitrogens with zero attached hydrogens (tertiary/aromatic N) is 1. The third-order valence-electron chi connectivity index (χ3n) is 5.95. The van der Waals surface area contributed by atoms with E-state index in [2.05, 4.69) is 77.6 Å². The number of hydrogen-bond acceptors (Lipinski definition) is 1. The lowest BCUT2D eigenvalue weighted by atomic mass is 9.53. The minimum atomic E-state index is 0.152. The van der Waals surface area contributed by atoms with Crippen LogP contribution in [0.5, 0.6) is 0 Å². The molecule has 0 aromatic heterocycles. The molecule has 1 aromatic rings. The Kier molecular flexibility index (Phi) is 4.63. The zero-order chi connectivity index (χ0) is 15.8. The van der Waals surface area contributed by atoms with Gasteiger partial charge in [0.05, 0.1) is 0 Å². The van der Waals surface area contributed by atoms with Crippen LogP contribution in [0.4, 0.5) is 5.69 Å². The van der Waals surface area contributed by atoms with Gasteiger partial charge in [-0.1, -0.05) is 59.7 Å². The van der Waals surface area contributed by atoms with Gasteiger partial charge < -0.3 is 4.90 Å². The van der Waals surface area contributed by atoms with Gasteiger partial charge in [0.2, 0.25) is 0 Å². The van der Waals surface area contributed by atoms with Crippen LogP contribution >= 0.6 is 0 Å². The van der Waals surface area contributed by atoms with Crippen molar-refractivity contribution in [2.75, 3.05) is 11.4 Å². The van der Waals surface area contributed by atoms with Gasteiger partial charge in [0.15, 0.2) is 0 Å². The highest BCUT2D eigenvalue weighted by molar-refractivity contribution is 5.62. The minimum Gasteiger partial charge on any atom is -0.366 e. The summed E-state index contributed by atoms with van der Waals surface area (Å²) >= 11 is 0. The minimum absolute atomic E-state index is 0.152. The third kappa shape index (κ3) is 2.06. The summed E-state index contributed by atoms with van der Waals surface area (Å²) < 4.78 is 0. The summed E-state index contributed by atoms with van der Waals surface area (Å²) in [6, 6.07) is 8.90. The van der Waals surface area contributed by atoms with E-state index < -0.39 is 0 Å². The van der Waals surface area contributed by atoms with Gasteiger partial charge in [0.1, 0.15) is 0 Å². The van der Waals surface area contributed by atoms with Gasteiger partial charge in [-0.25, -0.2) is 0 Å². The molecule has 1 aromatic carbocycles. The van der Waals surface area contributed by atoms with E-state index >= 15 is 0 Å². The van der Waals surface area contributed by atoms with Crippen LogP contribution in [-0.4, -0.2) is 12.1 Å². The molecule has 1 aliphatic rings. The molecule has 2 rings (SSSR count). The molecule has 0 bridgehead atoms. The fourth-order valence-corrected chi connectivity index (χ4v) is 3.54. The van der Waals surface area contributed by atoms with Crippen molar-refractivity contribution in [3.63, 3.8) is 0 Å². The molecule has 0 aliphatic carbocycles. The lowest BCUT2D eigenvalue weighted by molar-refractivity contribution is 0.0775. The van der Waals surface area contributed by atoms with Gasteiger partial charge in [-0.15, -0.1) is 0 Å². The molecule has 0 atom stereocenters. The lowest BCUT2D eigenvalue weighted by Gasteiger charge is -2.62. The fourth-order valence-electron chi connectivity index (χ4n) is 3.54. The van der Waals surface area contributed by atoms with Gasteiger partial charge in [0, 0.05) is 17.8 Å². The molecule has 0 radical (unpaired) electrons. The summed E-state index contributed by atoms with van der Waals surface area (Å²) in [6.07, 6.45) is 0. The first-order chi connectivity index (χ1) is 9.18. The molecule has 0 unspecified atom stereocenters. The molecular formula is C19H33N. The number of anilines is 1. The smallest absolute Gasteiger partial charge is 0.0409 e. The fraction of sp³-hybridized carbons (Fsp3) is 0.684. The van der Waals surface area contributed by atoms with Crippen molar-refractivity contribution in [1.82, 2.24) is 0 Å². The van der Waals surface area contributed by atoms with E-state index in [1.165, 1.54) is 11.3 Å². The SMILES string of the molecule is CC.CCN1c2ccccc2C(C)(C)C(C)(C)C1(C)C. The lowest BCUT2D eigenvalue weighted by Crippen LogP contribution is -2.64. The van der Waals surface area contributed by atoms with Crippen molar-refractivity contribution in [3.05, 3.63) is 29.8 Å². The number of para-hydroxylation sites is 1. The van der Waals surface area contributed by atoms with E-state index in [0.29, 0.717) is 0 Å². The van der Waals surface area contributed by atoms with Crippen molar-refractivity contribution in [3.8, 4) is 0 Å². The molecule has 1 nitrogen and oxygen atoms in total. The first kappa shape index (κ1) is 17.1. The Balaban J connectivity index is 0.000000956. The first-order valence-electron chi connectivity index (χ1n) is 8.05.